The number of hydrogen-bond acceptors (Lipinski definition) is 4. The summed E-state index contributed by atoms with van der Waals surface area (Å²) in [6, 6.07) is 4.21. The van der Waals surface area contributed by atoms with Gasteiger partial charge in [0.1, 0.15) is 5.82 Å². The minimum Gasteiger partial charge on any atom is -0.480 e. The molecule has 1 heterocycles. The van der Waals surface area contributed by atoms with Gasteiger partial charge >= 0.3 is 5.97 Å². The highest BCUT2D eigenvalue weighted by Gasteiger charge is 2.22. The molecule has 0 aliphatic carbocycles. The number of carbonyl (C=O) groups is 2. The lowest BCUT2D eigenvalue weighted by Crippen LogP contribution is -2.37. The van der Waals surface area contributed by atoms with Crippen LogP contribution >= 0.6 is 24.0 Å². The Hall–Kier alpha value is -1.41. The van der Waals surface area contributed by atoms with Crippen molar-refractivity contribution < 1.29 is 19.1 Å². The molecule has 1 amide bonds. The predicted octanol–water partition coefficient (Wildman–Crippen LogP) is 2.71. The lowest BCUT2D eigenvalue weighted by atomic mass is 10.1. The number of nitrogens with zero attached hydrogens (tertiary/aromatic N) is 2. The maximum atomic E-state index is 13.7. The van der Waals surface area contributed by atoms with Crippen molar-refractivity contribution in [3.05, 3.63) is 29.0 Å². The van der Waals surface area contributed by atoms with Gasteiger partial charge in [0.25, 0.3) is 0 Å². The molecule has 0 bridgehead atoms. The number of carboxylic acids is 1. The second-order valence-corrected chi connectivity index (χ2v) is 6.78. The zero-order valence-electron chi connectivity index (χ0n) is 14.6. The van der Waals surface area contributed by atoms with Crippen molar-refractivity contribution in [3.8, 4) is 0 Å². The van der Waals surface area contributed by atoms with Gasteiger partial charge in [-0.25, -0.2) is 4.39 Å². The van der Waals surface area contributed by atoms with E-state index in [9.17, 15) is 14.0 Å². The Labute approximate surface area is 163 Å². The smallest absolute Gasteiger partial charge is 0.317 e. The van der Waals surface area contributed by atoms with Crippen molar-refractivity contribution in [2.24, 2.45) is 0 Å². The Bertz CT molecular complexity index is 633. The first-order valence-electron chi connectivity index (χ1n) is 8.24. The molecule has 1 saturated heterocycles. The van der Waals surface area contributed by atoms with E-state index in [1.54, 1.807) is 0 Å². The number of hydrogen-bond donors (Lipinski definition) is 2. The monoisotopic (exact) mass is 407 g/mol. The summed E-state index contributed by atoms with van der Waals surface area (Å²) < 4.78 is 13.7. The van der Waals surface area contributed by atoms with Crippen LogP contribution in [0, 0.1) is 5.82 Å². The molecule has 26 heavy (non-hydrogen) atoms. The predicted molar refractivity (Wildman–Crippen MR) is 102 cm³/mol. The van der Waals surface area contributed by atoms with E-state index >= 15 is 0 Å². The quantitative estimate of drug-likeness (QED) is 0.758. The third-order valence-electron chi connectivity index (χ3n) is 4.37. The molecule has 0 radical (unpaired) electrons. The van der Waals surface area contributed by atoms with Crippen LogP contribution in [0.15, 0.2) is 18.2 Å². The van der Waals surface area contributed by atoms with Gasteiger partial charge in [-0.2, -0.15) is 0 Å². The first-order valence-corrected chi connectivity index (χ1v) is 8.62. The zero-order chi connectivity index (χ0) is 18.4. The van der Waals surface area contributed by atoms with Crippen LogP contribution in [0.25, 0.3) is 0 Å². The van der Waals surface area contributed by atoms with Crippen molar-refractivity contribution in [1.82, 2.24) is 9.80 Å². The molecule has 1 aliphatic heterocycles. The fourth-order valence-electron chi connectivity index (χ4n) is 3.07. The molecule has 0 saturated carbocycles. The van der Waals surface area contributed by atoms with E-state index in [0.29, 0.717) is 11.6 Å². The van der Waals surface area contributed by atoms with E-state index in [1.165, 1.54) is 18.2 Å². The van der Waals surface area contributed by atoms with E-state index in [2.05, 4.69) is 5.32 Å². The molecule has 146 valence electrons. The second kappa shape index (κ2) is 10.7. The molecule has 1 aliphatic rings. The highest BCUT2D eigenvalue weighted by Crippen LogP contribution is 2.20. The van der Waals surface area contributed by atoms with Gasteiger partial charge in [0.2, 0.25) is 5.91 Å². The van der Waals surface area contributed by atoms with Gasteiger partial charge in [-0.15, -0.1) is 12.4 Å². The normalized spacial score (nSPS) is 18.1. The number of halogens is 3. The minimum absolute atomic E-state index is 0. The third-order valence-corrected chi connectivity index (χ3v) is 4.60. The Morgan fingerprint density at radius 2 is 2.12 bits per heavy atom. The van der Waals surface area contributed by atoms with Gasteiger partial charge in [0.05, 0.1) is 18.8 Å². The molecule has 1 aromatic carbocycles. The molecule has 2 rings (SSSR count). The van der Waals surface area contributed by atoms with Gasteiger partial charge in [-0.1, -0.05) is 11.6 Å². The molecule has 1 unspecified atom stereocenters. The van der Waals surface area contributed by atoms with Crippen LogP contribution in [-0.2, 0) is 9.59 Å². The summed E-state index contributed by atoms with van der Waals surface area (Å²) in [5, 5.41) is 11.8. The first kappa shape index (κ1) is 22.6. The largest absolute Gasteiger partial charge is 0.480 e. The SMILES string of the molecule is CN(CC(=O)O)C1CCCN(CC(=O)Nc2cc(Cl)ccc2F)CC1.Cl. The minimum atomic E-state index is -0.841. The summed E-state index contributed by atoms with van der Waals surface area (Å²) in [6.07, 6.45) is 2.57. The summed E-state index contributed by atoms with van der Waals surface area (Å²) in [7, 11) is 1.81. The van der Waals surface area contributed by atoms with Crippen LogP contribution in [-0.4, -0.2) is 66.1 Å². The van der Waals surface area contributed by atoms with E-state index in [1.807, 2.05) is 16.8 Å². The summed E-state index contributed by atoms with van der Waals surface area (Å²) in [5.74, 6) is -1.66. The van der Waals surface area contributed by atoms with Crippen LogP contribution in [0.1, 0.15) is 19.3 Å². The maximum absolute atomic E-state index is 13.7. The van der Waals surface area contributed by atoms with Crippen molar-refractivity contribution >= 4 is 41.6 Å². The molecule has 0 spiro atoms. The number of likely N-dealkylation sites (tertiary alicyclic amines) is 1. The van der Waals surface area contributed by atoms with Gasteiger partial charge < -0.3 is 10.4 Å². The van der Waals surface area contributed by atoms with Crippen LogP contribution in [0.2, 0.25) is 5.02 Å². The Balaban J connectivity index is 0.00000338. The number of aliphatic carboxylic acids is 1. The fourth-order valence-corrected chi connectivity index (χ4v) is 3.24. The van der Waals surface area contributed by atoms with Crippen LogP contribution < -0.4 is 5.32 Å². The van der Waals surface area contributed by atoms with Crippen LogP contribution in [0.5, 0.6) is 0 Å². The molecule has 6 nitrogen and oxygen atoms in total. The van der Waals surface area contributed by atoms with E-state index < -0.39 is 11.8 Å². The van der Waals surface area contributed by atoms with Crippen molar-refractivity contribution in [3.63, 3.8) is 0 Å². The Morgan fingerprint density at radius 1 is 1.38 bits per heavy atom. The Morgan fingerprint density at radius 3 is 2.81 bits per heavy atom. The molecular formula is C17H24Cl2FN3O3. The summed E-state index contributed by atoms with van der Waals surface area (Å²) in [4.78, 5) is 26.8. The van der Waals surface area contributed by atoms with Gasteiger partial charge in [-0.05, 0) is 51.1 Å². The number of benzene rings is 1. The number of carboxylic acid groups (broad SMARTS) is 1. The molecule has 0 aromatic heterocycles. The molecule has 1 fully saturated rings. The topological polar surface area (TPSA) is 72.9 Å². The first-order chi connectivity index (χ1) is 11.8. The fraction of sp³-hybridized carbons (Fsp3) is 0.529. The second-order valence-electron chi connectivity index (χ2n) is 6.34. The average molecular weight is 408 g/mol. The summed E-state index contributed by atoms with van der Waals surface area (Å²) in [6.45, 7) is 1.63. The highest BCUT2D eigenvalue weighted by molar-refractivity contribution is 6.30. The number of likely N-dealkylation sites (N-methyl/N-ethyl adjacent to an activating group) is 1. The number of amides is 1. The van der Waals surface area contributed by atoms with Gasteiger partial charge in [-0.3, -0.25) is 19.4 Å². The number of anilines is 1. The maximum Gasteiger partial charge on any atom is 0.317 e. The summed E-state index contributed by atoms with van der Waals surface area (Å²) in [5.41, 5.74) is 0.0754. The lowest BCUT2D eigenvalue weighted by molar-refractivity contribution is -0.138. The average Bonchev–Trinajstić information content (AvgIpc) is 2.76. The van der Waals surface area contributed by atoms with E-state index in [-0.39, 0.29) is 43.1 Å². The highest BCUT2D eigenvalue weighted by atomic mass is 35.5. The summed E-state index contributed by atoms with van der Waals surface area (Å²) >= 11 is 5.82. The van der Waals surface area contributed by atoms with Gasteiger partial charge in [0.15, 0.2) is 0 Å². The van der Waals surface area contributed by atoms with E-state index in [4.69, 9.17) is 16.7 Å². The number of nitrogens with one attached hydrogen (secondary N) is 1. The molecule has 1 atom stereocenters. The van der Waals surface area contributed by atoms with Crippen LogP contribution in [0.3, 0.4) is 0 Å². The van der Waals surface area contributed by atoms with Crippen molar-refractivity contribution in [2.45, 2.75) is 25.3 Å². The van der Waals surface area contributed by atoms with E-state index in [0.717, 1.165) is 25.8 Å². The van der Waals surface area contributed by atoms with Gasteiger partial charge in [0, 0.05) is 17.6 Å². The Kier molecular flexibility index (Phi) is 9.29. The standard InChI is InChI=1S/C17H23ClFN3O3.ClH/c1-21(11-17(24)25)13-3-2-7-22(8-6-13)10-16(23)20-15-9-12(18)4-5-14(15)19;/h4-5,9,13H,2-3,6-8,10-11H2,1H3,(H,20,23)(H,24,25);1H. The van der Waals surface area contributed by atoms with Crippen LogP contribution in [0.4, 0.5) is 10.1 Å². The zero-order valence-corrected chi connectivity index (χ0v) is 16.2. The third kappa shape index (κ3) is 7.07. The van der Waals surface area contributed by atoms with Crippen molar-refractivity contribution in [1.29, 1.82) is 0 Å². The molecule has 1 aromatic rings. The van der Waals surface area contributed by atoms with Crippen molar-refractivity contribution in [2.75, 3.05) is 38.5 Å². The number of rotatable bonds is 6. The lowest BCUT2D eigenvalue weighted by Gasteiger charge is -2.25. The molecule has 9 heteroatoms. The molecule has 2 N–H and O–H groups in total. The number of carbonyl (C=O) groups excluding carboxylic acids is 1. The molecular weight excluding hydrogens is 384 g/mol.